The Morgan fingerprint density at radius 2 is 2.00 bits per heavy atom. The second kappa shape index (κ2) is 5.92. The van der Waals surface area contributed by atoms with Gasteiger partial charge in [-0.2, -0.15) is 0 Å². The Balaban J connectivity index is 1.47. The van der Waals surface area contributed by atoms with Crippen molar-refractivity contribution in [1.82, 2.24) is 0 Å². The summed E-state index contributed by atoms with van der Waals surface area (Å²) < 4.78 is 16.7. The van der Waals surface area contributed by atoms with Crippen LogP contribution in [0.15, 0.2) is 30.3 Å². The highest BCUT2D eigenvalue weighted by atomic mass is 16.5. The quantitative estimate of drug-likeness (QED) is 0.561. The fraction of sp³-hybridized carbons (Fsp3) is 0.600. The molecule has 0 heterocycles. The molecule has 0 saturated heterocycles. The van der Waals surface area contributed by atoms with Crippen LogP contribution >= 0.6 is 0 Å². The third-order valence-electron chi connectivity index (χ3n) is 6.66. The smallest absolute Gasteiger partial charge is 0.315 e. The van der Waals surface area contributed by atoms with E-state index >= 15 is 0 Å². The predicted octanol–water partition coefficient (Wildman–Crippen LogP) is 2.38. The van der Waals surface area contributed by atoms with Crippen LogP contribution in [0, 0.1) is 23.2 Å². The number of methoxy groups -OCH3 is 2. The lowest BCUT2D eigenvalue weighted by atomic mass is 9.69. The summed E-state index contributed by atoms with van der Waals surface area (Å²) in [6, 6.07) is 9.98. The molecular formula is C20H24O5. The number of hydrogen-bond acceptors (Lipinski definition) is 5. The van der Waals surface area contributed by atoms with Gasteiger partial charge in [0.25, 0.3) is 0 Å². The minimum Gasteiger partial charge on any atom is -0.468 e. The number of benzene rings is 1. The molecule has 134 valence electrons. The Morgan fingerprint density at radius 3 is 2.64 bits per heavy atom. The molecule has 5 heteroatoms. The fourth-order valence-electron chi connectivity index (χ4n) is 5.71. The van der Waals surface area contributed by atoms with Gasteiger partial charge in [-0.05, 0) is 30.7 Å². The maximum atomic E-state index is 12.7. The molecule has 0 amide bonds. The fourth-order valence-corrected chi connectivity index (χ4v) is 5.71. The molecule has 1 aromatic rings. The van der Waals surface area contributed by atoms with Crippen LogP contribution in [0.5, 0.6) is 0 Å². The average molecular weight is 344 g/mol. The van der Waals surface area contributed by atoms with Gasteiger partial charge in [0.05, 0.1) is 25.2 Å². The van der Waals surface area contributed by atoms with E-state index in [0.717, 1.165) is 18.4 Å². The second-order valence-corrected chi connectivity index (χ2v) is 7.37. The van der Waals surface area contributed by atoms with Crippen molar-refractivity contribution >= 4 is 11.8 Å². The minimum atomic E-state index is -0.785. The van der Waals surface area contributed by atoms with Crippen molar-refractivity contribution in [3.05, 3.63) is 35.9 Å². The van der Waals surface area contributed by atoms with Crippen LogP contribution in [0.4, 0.5) is 0 Å². The number of carbonyl (C=O) groups excluding carboxylic acids is 2. The summed E-state index contributed by atoms with van der Waals surface area (Å²) in [5.41, 5.74) is -0.310. The lowest BCUT2D eigenvalue weighted by molar-refractivity contribution is -0.159. The average Bonchev–Trinajstić information content (AvgIpc) is 3.24. The van der Waals surface area contributed by atoms with Crippen molar-refractivity contribution in [2.24, 2.45) is 23.2 Å². The zero-order valence-electron chi connectivity index (χ0n) is 14.7. The maximum Gasteiger partial charge on any atom is 0.315 e. The van der Waals surface area contributed by atoms with Crippen LogP contribution in [0.2, 0.25) is 0 Å². The van der Waals surface area contributed by atoms with Gasteiger partial charge in [0.1, 0.15) is 11.2 Å². The van der Waals surface area contributed by atoms with Gasteiger partial charge in [0.2, 0.25) is 0 Å². The number of ketones is 1. The number of hydrogen-bond donors (Lipinski definition) is 0. The van der Waals surface area contributed by atoms with E-state index in [1.807, 2.05) is 30.3 Å². The van der Waals surface area contributed by atoms with Crippen molar-refractivity contribution in [3.8, 4) is 0 Å². The van der Waals surface area contributed by atoms with E-state index < -0.39 is 11.0 Å². The molecule has 0 spiro atoms. The summed E-state index contributed by atoms with van der Waals surface area (Å²) in [7, 11) is 3.01. The maximum absolute atomic E-state index is 12.7. The molecule has 4 aliphatic rings. The van der Waals surface area contributed by atoms with Crippen molar-refractivity contribution in [2.75, 3.05) is 20.8 Å². The van der Waals surface area contributed by atoms with E-state index in [1.165, 1.54) is 7.11 Å². The lowest BCUT2D eigenvalue weighted by Gasteiger charge is -2.39. The van der Waals surface area contributed by atoms with E-state index in [0.29, 0.717) is 19.6 Å². The van der Waals surface area contributed by atoms with Crippen LogP contribution < -0.4 is 0 Å². The zero-order valence-corrected chi connectivity index (χ0v) is 14.7. The SMILES string of the molecule is COC(=O)[C@]12[C@H]3C(=O)[C@H](CC[C@]31OC)[C@@H]2CCOCc1ccccc1. The Morgan fingerprint density at radius 1 is 1.24 bits per heavy atom. The van der Waals surface area contributed by atoms with Gasteiger partial charge in [0.15, 0.2) is 0 Å². The molecule has 4 aliphatic carbocycles. The van der Waals surface area contributed by atoms with Crippen molar-refractivity contribution in [1.29, 1.82) is 0 Å². The number of Topliss-reactive ketones (excluding diaryl/α,β-unsaturated/α-hetero) is 1. The summed E-state index contributed by atoms with van der Waals surface area (Å²) in [4.78, 5) is 25.4. The molecule has 25 heavy (non-hydrogen) atoms. The van der Waals surface area contributed by atoms with Crippen LogP contribution in [-0.4, -0.2) is 38.2 Å². The Hall–Kier alpha value is -1.72. The van der Waals surface area contributed by atoms with Crippen LogP contribution in [0.25, 0.3) is 0 Å². The number of esters is 1. The number of ether oxygens (including phenoxy) is 3. The van der Waals surface area contributed by atoms with E-state index in [1.54, 1.807) is 7.11 Å². The molecule has 4 bridgehead atoms. The van der Waals surface area contributed by atoms with Gasteiger partial charge in [-0.3, -0.25) is 9.59 Å². The molecule has 1 aromatic carbocycles. The molecular weight excluding hydrogens is 320 g/mol. The minimum absolute atomic E-state index is 0.0399. The van der Waals surface area contributed by atoms with Gasteiger partial charge in [-0.1, -0.05) is 30.3 Å². The molecule has 5 atom stereocenters. The molecule has 5 rings (SSSR count). The first kappa shape index (κ1) is 16.7. The van der Waals surface area contributed by atoms with Crippen LogP contribution in [-0.2, 0) is 30.4 Å². The summed E-state index contributed by atoms with van der Waals surface area (Å²) in [6.45, 7) is 1.06. The lowest BCUT2D eigenvalue weighted by Crippen LogP contribution is -2.46. The molecule has 4 fully saturated rings. The van der Waals surface area contributed by atoms with E-state index in [-0.39, 0.29) is 29.5 Å². The molecule has 4 saturated carbocycles. The highest BCUT2D eigenvalue weighted by Crippen LogP contribution is 2.80. The van der Waals surface area contributed by atoms with Gasteiger partial charge >= 0.3 is 5.97 Å². The van der Waals surface area contributed by atoms with E-state index in [4.69, 9.17) is 14.2 Å². The number of carbonyl (C=O) groups is 2. The normalized spacial score (nSPS) is 37.8. The Kier molecular flexibility index (Phi) is 3.96. The van der Waals surface area contributed by atoms with Crippen LogP contribution in [0.3, 0.4) is 0 Å². The Labute approximate surface area is 147 Å². The first-order valence-electron chi connectivity index (χ1n) is 8.92. The topological polar surface area (TPSA) is 61.8 Å². The molecule has 0 unspecified atom stereocenters. The summed E-state index contributed by atoms with van der Waals surface area (Å²) >= 11 is 0. The highest BCUT2D eigenvalue weighted by Gasteiger charge is 2.93. The molecule has 0 aromatic heterocycles. The number of fused-ring (bicyclic) bond motifs is 1. The van der Waals surface area contributed by atoms with Gasteiger partial charge in [-0.25, -0.2) is 0 Å². The zero-order chi connectivity index (χ0) is 17.7. The van der Waals surface area contributed by atoms with Gasteiger partial charge < -0.3 is 14.2 Å². The summed E-state index contributed by atoms with van der Waals surface area (Å²) in [6.07, 6.45) is 2.24. The van der Waals surface area contributed by atoms with Crippen molar-refractivity contribution in [3.63, 3.8) is 0 Å². The standard InChI is InChI=1S/C20H24O5/c1-23-18(22)20-15(9-11-25-12-13-6-4-3-5-7-13)14-8-10-19(20,24-2)17(20)16(14)21/h3-7,14-15,17H,8-12H2,1-2H3/t14-,15+,17+,19+,20+/m1/s1. The highest BCUT2D eigenvalue weighted by molar-refractivity contribution is 6.04. The third-order valence-corrected chi connectivity index (χ3v) is 6.66. The molecule has 5 nitrogen and oxygen atoms in total. The summed E-state index contributed by atoms with van der Waals surface area (Å²) in [5, 5.41) is 0. The second-order valence-electron chi connectivity index (χ2n) is 7.37. The largest absolute Gasteiger partial charge is 0.468 e. The monoisotopic (exact) mass is 344 g/mol. The Bertz CT molecular complexity index is 687. The van der Waals surface area contributed by atoms with E-state index in [2.05, 4.69) is 0 Å². The third kappa shape index (κ3) is 2.02. The molecule has 0 radical (unpaired) electrons. The van der Waals surface area contributed by atoms with Crippen LogP contribution in [0.1, 0.15) is 24.8 Å². The van der Waals surface area contributed by atoms with Crippen molar-refractivity contribution < 1.29 is 23.8 Å². The van der Waals surface area contributed by atoms with Gasteiger partial charge in [-0.15, -0.1) is 0 Å². The summed E-state index contributed by atoms with van der Waals surface area (Å²) in [5.74, 6) is -0.520. The van der Waals surface area contributed by atoms with Crippen molar-refractivity contribution in [2.45, 2.75) is 31.5 Å². The van der Waals surface area contributed by atoms with E-state index in [9.17, 15) is 9.59 Å². The molecule has 0 N–H and O–H groups in total. The molecule has 0 aliphatic heterocycles. The first-order chi connectivity index (χ1) is 12.1. The first-order valence-corrected chi connectivity index (χ1v) is 8.92. The predicted molar refractivity (Wildman–Crippen MR) is 89.6 cm³/mol. The number of rotatable bonds is 7. The van der Waals surface area contributed by atoms with Gasteiger partial charge in [0, 0.05) is 19.6 Å².